The van der Waals surface area contributed by atoms with Crippen molar-refractivity contribution in [3.05, 3.63) is 98.1 Å². The van der Waals surface area contributed by atoms with Gasteiger partial charge in [-0.2, -0.15) is 0 Å². The topological polar surface area (TPSA) is 165 Å². The van der Waals surface area contributed by atoms with Crippen LogP contribution in [0.2, 0.25) is 0 Å². The van der Waals surface area contributed by atoms with E-state index in [0.29, 0.717) is 5.69 Å². The number of carbonyl (C=O) groups excluding carboxylic acids is 1. The zero-order valence-electron chi connectivity index (χ0n) is 15.6. The van der Waals surface area contributed by atoms with Crippen LogP contribution in [0.25, 0.3) is 0 Å². The maximum Gasteiger partial charge on any atom is 0.335 e. The van der Waals surface area contributed by atoms with E-state index in [4.69, 9.17) is 5.11 Å². The fourth-order valence-electron chi connectivity index (χ4n) is 2.72. The molecule has 3 rings (SSSR count). The molecule has 0 fully saturated rings. The van der Waals surface area contributed by atoms with Crippen molar-refractivity contribution in [3.63, 3.8) is 0 Å². The fraction of sp³-hybridized carbons (Fsp3) is 0. The lowest BCUT2D eigenvalue weighted by molar-refractivity contribution is -0.392. The van der Waals surface area contributed by atoms with E-state index in [2.05, 4.69) is 10.6 Å². The molecular formula is C20H14N4O7. The zero-order valence-corrected chi connectivity index (χ0v) is 15.6. The highest BCUT2D eigenvalue weighted by Gasteiger charge is 2.29. The highest BCUT2D eigenvalue weighted by molar-refractivity contribution is 6.06. The molecular weight excluding hydrogens is 408 g/mol. The molecule has 31 heavy (non-hydrogen) atoms. The molecule has 0 aromatic heterocycles. The summed E-state index contributed by atoms with van der Waals surface area (Å²) in [6, 6.07) is 15.2. The largest absolute Gasteiger partial charge is 0.478 e. The molecule has 0 unspecified atom stereocenters. The summed E-state index contributed by atoms with van der Waals surface area (Å²) in [6.45, 7) is 0. The molecule has 0 aliphatic carbocycles. The van der Waals surface area contributed by atoms with Crippen molar-refractivity contribution >= 4 is 40.3 Å². The van der Waals surface area contributed by atoms with Gasteiger partial charge < -0.3 is 15.7 Å². The first-order chi connectivity index (χ1) is 14.8. The number of nitrogens with one attached hydrogen (secondary N) is 2. The highest BCUT2D eigenvalue weighted by Crippen LogP contribution is 2.38. The van der Waals surface area contributed by atoms with Crippen LogP contribution in [0.4, 0.5) is 28.4 Å². The lowest BCUT2D eigenvalue weighted by Crippen LogP contribution is -2.13. The molecule has 0 spiro atoms. The number of aromatic carboxylic acids is 1. The maximum absolute atomic E-state index is 12.6. The van der Waals surface area contributed by atoms with Crippen molar-refractivity contribution in [1.82, 2.24) is 0 Å². The van der Waals surface area contributed by atoms with Gasteiger partial charge >= 0.3 is 17.3 Å². The summed E-state index contributed by atoms with van der Waals surface area (Å²) in [5.74, 6) is -1.98. The van der Waals surface area contributed by atoms with Gasteiger partial charge in [-0.25, -0.2) is 4.79 Å². The number of carboxylic acid groups (broad SMARTS) is 1. The van der Waals surface area contributed by atoms with Gasteiger partial charge in [0.15, 0.2) is 5.69 Å². The Hall–Kier alpha value is -4.80. The predicted octanol–water partition coefficient (Wildman–Crippen LogP) is 4.20. The highest BCUT2D eigenvalue weighted by atomic mass is 16.6. The minimum atomic E-state index is -1.15. The maximum atomic E-state index is 12.6. The Morgan fingerprint density at radius 3 is 1.81 bits per heavy atom. The number of carbonyl (C=O) groups is 2. The Morgan fingerprint density at radius 2 is 1.32 bits per heavy atom. The molecule has 0 bridgehead atoms. The molecule has 0 heterocycles. The standard InChI is InChI=1S/C20H14N4O7/c25-19(22-15-8-6-12(7-9-15)20(26)27)13-10-16(23(28)29)18(17(11-13)24(30)31)21-14-4-2-1-3-5-14/h1-11,21H,(H,22,25)(H,26,27). The lowest BCUT2D eigenvalue weighted by Gasteiger charge is -2.10. The Kier molecular flexibility index (Phi) is 5.87. The second-order valence-corrected chi connectivity index (χ2v) is 6.23. The second-order valence-electron chi connectivity index (χ2n) is 6.23. The summed E-state index contributed by atoms with van der Waals surface area (Å²) in [4.78, 5) is 45.0. The summed E-state index contributed by atoms with van der Waals surface area (Å²) >= 11 is 0. The van der Waals surface area contributed by atoms with E-state index >= 15 is 0 Å². The van der Waals surface area contributed by atoms with E-state index < -0.39 is 33.1 Å². The van der Waals surface area contributed by atoms with E-state index in [0.717, 1.165) is 12.1 Å². The van der Waals surface area contributed by atoms with Crippen LogP contribution in [0, 0.1) is 20.2 Å². The third-order valence-electron chi connectivity index (χ3n) is 4.19. The number of hydrogen-bond donors (Lipinski definition) is 3. The van der Waals surface area contributed by atoms with Crippen molar-refractivity contribution in [3.8, 4) is 0 Å². The molecule has 0 radical (unpaired) electrons. The Balaban J connectivity index is 1.99. The molecule has 11 heteroatoms. The molecule has 11 nitrogen and oxygen atoms in total. The van der Waals surface area contributed by atoms with Crippen LogP contribution in [0.5, 0.6) is 0 Å². The summed E-state index contributed by atoms with van der Waals surface area (Å²) in [5.41, 5.74) is -1.35. The third kappa shape index (κ3) is 4.79. The number of anilines is 3. The van der Waals surface area contributed by atoms with Crippen LogP contribution < -0.4 is 10.6 Å². The summed E-state index contributed by atoms with van der Waals surface area (Å²) in [7, 11) is 0. The SMILES string of the molecule is O=C(O)c1ccc(NC(=O)c2cc([N+](=O)[O-])c(Nc3ccccc3)c([N+](=O)[O-])c2)cc1. The molecule has 0 atom stereocenters. The Morgan fingerprint density at radius 1 is 0.774 bits per heavy atom. The van der Waals surface area contributed by atoms with Gasteiger partial charge in [0.2, 0.25) is 0 Å². The van der Waals surface area contributed by atoms with Gasteiger partial charge in [-0.1, -0.05) is 18.2 Å². The molecule has 3 N–H and O–H groups in total. The smallest absolute Gasteiger partial charge is 0.335 e. The van der Waals surface area contributed by atoms with Crippen LogP contribution in [0.1, 0.15) is 20.7 Å². The van der Waals surface area contributed by atoms with E-state index in [1.807, 2.05) is 0 Å². The fourth-order valence-corrected chi connectivity index (χ4v) is 2.72. The average Bonchev–Trinajstić information content (AvgIpc) is 2.74. The van der Waals surface area contributed by atoms with E-state index in [-0.39, 0.29) is 22.5 Å². The monoisotopic (exact) mass is 422 g/mol. The number of benzene rings is 3. The first kappa shape index (κ1) is 20.9. The second kappa shape index (κ2) is 8.69. The quantitative estimate of drug-likeness (QED) is 0.376. The first-order valence-corrected chi connectivity index (χ1v) is 8.70. The minimum absolute atomic E-state index is 0.000568. The van der Waals surface area contributed by atoms with Gasteiger partial charge in [0.1, 0.15) is 0 Å². The van der Waals surface area contributed by atoms with Gasteiger partial charge in [-0.05, 0) is 36.4 Å². The van der Waals surface area contributed by atoms with Crippen molar-refractivity contribution in [2.75, 3.05) is 10.6 Å². The molecule has 156 valence electrons. The molecule has 0 aliphatic heterocycles. The van der Waals surface area contributed by atoms with Crippen LogP contribution >= 0.6 is 0 Å². The van der Waals surface area contributed by atoms with Gasteiger partial charge in [-0.15, -0.1) is 0 Å². The van der Waals surface area contributed by atoms with Crippen LogP contribution in [-0.2, 0) is 0 Å². The van der Waals surface area contributed by atoms with Crippen molar-refractivity contribution in [2.45, 2.75) is 0 Å². The van der Waals surface area contributed by atoms with Gasteiger partial charge in [0, 0.05) is 23.5 Å². The van der Waals surface area contributed by atoms with Crippen LogP contribution in [-0.4, -0.2) is 26.8 Å². The van der Waals surface area contributed by atoms with Gasteiger partial charge in [-0.3, -0.25) is 25.0 Å². The third-order valence-corrected chi connectivity index (χ3v) is 4.19. The lowest BCUT2D eigenvalue weighted by atomic mass is 10.1. The molecule has 0 saturated carbocycles. The Labute approximate surface area is 174 Å². The Bertz CT molecular complexity index is 1140. The van der Waals surface area contributed by atoms with Crippen LogP contribution in [0.15, 0.2) is 66.7 Å². The van der Waals surface area contributed by atoms with Crippen LogP contribution in [0.3, 0.4) is 0 Å². The number of hydrogen-bond acceptors (Lipinski definition) is 7. The van der Waals surface area contributed by atoms with Crippen molar-refractivity contribution < 1.29 is 24.5 Å². The number of amides is 1. The van der Waals surface area contributed by atoms with E-state index in [1.165, 1.54) is 24.3 Å². The predicted molar refractivity (Wildman–Crippen MR) is 111 cm³/mol. The average molecular weight is 422 g/mol. The number of carboxylic acids is 1. The van der Waals surface area contributed by atoms with E-state index in [9.17, 15) is 29.8 Å². The number of para-hydroxylation sites is 1. The van der Waals surface area contributed by atoms with Crippen molar-refractivity contribution in [1.29, 1.82) is 0 Å². The van der Waals surface area contributed by atoms with Gasteiger partial charge in [0.05, 0.1) is 21.0 Å². The van der Waals surface area contributed by atoms with Crippen molar-refractivity contribution in [2.24, 2.45) is 0 Å². The zero-order chi connectivity index (χ0) is 22.5. The molecule has 1 amide bonds. The van der Waals surface area contributed by atoms with E-state index in [1.54, 1.807) is 30.3 Å². The first-order valence-electron chi connectivity index (χ1n) is 8.70. The molecule has 3 aromatic rings. The molecule has 0 aliphatic rings. The number of nitrogens with zero attached hydrogens (tertiary/aromatic N) is 2. The summed E-state index contributed by atoms with van der Waals surface area (Å²) in [6.07, 6.45) is 0. The number of rotatable bonds is 7. The number of nitro benzene ring substituents is 2. The molecule has 0 saturated heterocycles. The summed E-state index contributed by atoms with van der Waals surface area (Å²) in [5, 5.41) is 37.2. The normalized spacial score (nSPS) is 10.2. The summed E-state index contributed by atoms with van der Waals surface area (Å²) < 4.78 is 0. The minimum Gasteiger partial charge on any atom is -0.478 e. The van der Waals surface area contributed by atoms with Gasteiger partial charge in [0.25, 0.3) is 5.91 Å². The number of nitro groups is 2. The molecule has 3 aromatic carbocycles.